The van der Waals surface area contributed by atoms with Crippen molar-refractivity contribution in [2.75, 3.05) is 29.6 Å². The highest BCUT2D eigenvalue weighted by atomic mass is 32.2. The minimum Gasteiger partial charge on any atom is -0.356 e. The molecule has 0 saturated heterocycles. The maximum Gasteiger partial charge on any atom is 0.221 e. The number of amides is 2. The topological polar surface area (TPSA) is 58.2 Å². The molecule has 1 rings (SSSR count). The summed E-state index contributed by atoms with van der Waals surface area (Å²) in [6.45, 7) is 4.91. The van der Waals surface area contributed by atoms with Crippen LogP contribution < -0.4 is 10.6 Å². The van der Waals surface area contributed by atoms with Gasteiger partial charge in [-0.15, -0.1) is 0 Å². The number of rotatable bonds is 11. The third-order valence-corrected chi connectivity index (χ3v) is 5.72. The van der Waals surface area contributed by atoms with Gasteiger partial charge in [0, 0.05) is 36.9 Å². The number of hydrogen-bond acceptors (Lipinski definition) is 4. The van der Waals surface area contributed by atoms with E-state index in [1.807, 2.05) is 0 Å². The van der Waals surface area contributed by atoms with Crippen molar-refractivity contribution < 1.29 is 9.59 Å². The van der Waals surface area contributed by atoms with Crippen LogP contribution in [0.3, 0.4) is 0 Å². The Bertz CT molecular complexity index is 340. The lowest BCUT2D eigenvalue weighted by Gasteiger charge is -2.21. The normalized spacial score (nSPS) is 20.8. The van der Waals surface area contributed by atoms with E-state index in [0.29, 0.717) is 25.3 Å². The van der Waals surface area contributed by atoms with Crippen molar-refractivity contribution in [1.29, 1.82) is 0 Å². The fourth-order valence-electron chi connectivity index (χ4n) is 2.70. The molecule has 6 heteroatoms. The first-order chi connectivity index (χ1) is 10.7. The molecule has 1 saturated carbocycles. The Morgan fingerprint density at radius 1 is 1.00 bits per heavy atom. The molecule has 0 aliphatic heterocycles. The summed E-state index contributed by atoms with van der Waals surface area (Å²) in [5.74, 6) is 4.59. The largest absolute Gasteiger partial charge is 0.356 e. The van der Waals surface area contributed by atoms with Crippen molar-refractivity contribution in [2.24, 2.45) is 5.92 Å². The number of thioether (sulfide) groups is 2. The van der Waals surface area contributed by atoms with Gasteiger partial charge in [0.2, 0.25) is 11.8 Å². The number of hydrogen-bond donors (Lipinski definition) is 2. The summed E-state index contributed by atoms with van der Waals surface area (Å²) in [6.07, 6.45) is 4.47. The van der Waals surface area contributed by atoms with Crippen LogP contribution in [0.4, 0.5) is 0 Å². The van der Waals surface area contributed by atoms with Crippen molar-refractivity contribution in [3.8, 4) is 0 Å². The molecule has 0 aromatic rings. The fourth-order valence-corrected chi connectivity index (χ4v) is 3.94. The summed E-state index contributed by atoms with van der Waals surface area (Å²) in [5.41, 5.74) is 0. The molecule has 0 aromatic carbocycles. The van der Waals surface area contributed by atoms with Crippen molar-refractivity contribution in [2.45, 2.75) is 52.0 Å². The molecule has 2 atom stereocenters. The molecule has 1 aliphatic rings. The monoisotopic (exact) mass is 346 g/mol. The van der Waals surface area contributed by atoms with Crippen LogP contribution in [-0.4, -0.2) is 47.4 Å². The van der Waals surface area contributed by atoms with Gasteiger partial charge in [0.05, 0.1) is 0 Å². The number of carbonyl (C=O) groups excluding carboxylic acids is 2. The summed E-state index contributed by atoms with van der Waals surface area (Å²) < 4.78 is 0. The summed E-state index contributed by atoms with van der Waals surface area (Å²) in [6, 6.07) is 0.240. The Hall–Kier alpha value is -0.360. The molecule has 0 aromatic heterocycles. The third-order valence-electron chi connectivity index (χ3n) is 3.92. The Morgan fingerprint density at radius 2 is 1.64 bits per heavy atom. The molecule has 22 heavy (non-hydrogen) atoms. The molecule has 0 radical (unpaired) electrons. The molecule has 0 unspecified atom stereocenters. The SMILES string of the molecule is CCSCCC(=O)NC[C@H]1CCC[C@@H]1NC(=O)CCSCC. The van der Waals surface area contributed by atoms with Gasteiger partial charge in [-0.1, -0.05) is 20.3 Å². The van der Waals surface area contributed by atoms with Crippen LogP contribution >= 0.6 is 23.5 Å². The lowest BCUT2D eigenvalue weighted by atomic mass is 10.0. The van der Waals surface area contributed by atoms with E-state index in [9.17, 15) is 9.59 Å². The summed E-state index contributed by atoms with van der Waals surface area (Å²) >= 11 is 3.59. The number of nitrogens with one attached hydrogen (secondary N) is 2. The Balaban J connectivity index is 2.22. The third kappa shape index (κ3) is 8.32. The standard InChI is InChI=1S/C16H30N2O2S2/c1-3-21-10-8-15(19)17-12-13-6-5-7-14(13)18-16(20)9-11-22-4-2/h13-14H,3-12H2,1-2H3,(H,17,19)(H,18,20)/t13-,14+/m1/s1. The Kier molecular flexibility index (Phi) is 10.8. The van der Waals surface area contributed by atoms with Crippen molar-refractivity contribution in [1.82, 2.24) is 10.6 Å². The first-order valence-corrected chi connectivity index (χ1v) is 10.7. The second-order valence-corrected chi connectivity index (χ2v) is 8.35. The molecule has 4 nitrogen and oxygen atoms in total. The summed E-state index contributed by atoms with van der Waals surface area (Å²) in [7, 11) is 0. The van der Waals surface area contributed by atoms with E-state index in [4.69, 9.17) is 0 Å². The van der Waals surface area contributed by atoms with Gasteiger partial charge in [-0.05, 0) is 30.3 Å². The Morgan fingerprint density at radius 3 is 2.27 bits per heavy atom. The van der Waals surface area contributed by atoms with Crippen LogP contribution in [0.2, 0.25) is 0 Å². The minimum atomic E-state index is 0.136. The van der Waals surface area contributed by atoms with Gasteiger partial charge >= 0.3 is 0 Å². The molecule has 1 aliphatic carbocycles. The zero-order chi connectivity index (χ0) is 16.2. The predicted octanol–water partition coefficient (Wildman–Crippen LogP) is 2.67. The number of carbonyl (C=O) groups is 2. The van der Waals surface area contributed by atoms with Crippen LogP contribution in [-0.2, 0) is 9.59 Å². The fraction of sp³-hybridized carbons (Fsp3) is 0.875. The van der Waals surface area contributed by atoms with Gasteiger partial charge in [-0.3, -0.25) is 9.59 Å². The van der Waals surface area contributed by atoms with E-state index < -0.39 is 0 Å². The molecule has 0 spiro atoms. The van der Waals surface area contributed by atoms with Crippen LogP contribution in [0.5, 0.6) is 0 Å². The second-order valence-electron chi connectivity index (χ2n) is 5.56. The average Bonchev–Trinajstić information content (AvgIpc) is 2.93. The predicted molar refractivity (Wildman–Crippen MR) is 97.5 cm³/mol. The van der Waals surface area contributed by atoms with E-state index in [1.54, 1.807) is 23.5 Å². The van der Waals surface area contributed by atoms with Gasteiger partial charge < -0.3 is 10.6 Å². The molecule has 2 amide bonds. The molecule has 128 valence electrons. The summed E-state index contributed by atoms with van der Waals surface area (Å²) in [4.78, 5) is 23.7. The van der Waals surface area contributed by atoms with Gasteiger partial charge in [0.1, 0.15) is 0 Å². The van der Waals surface area contributed by atoms with Crippen molar-refractivity contribution in [3.63, 3.8) is 0 Å². The van der Waals surface area contributed by atoms with Crippen LogP contribution in [0.1, 0.15) is 46.0 Å². The minimum absolute atomic E-state index is 0.136. The van der Waals surface area contributed by atoms with Gasteiger partial charge in [-0.25, -0.2) is 0 Å². The maximum atomic E-state index is 11.9. The molecule has 0 bridgehead atoms. The van der Waals surface area contributed by atoms with E-state index in [0.717, 1.165) is 42.3 Å². The average molecular weight is 347 g/mol. The van der Waals surface area contributed by atoms with Gasteiger partial charge in [0.25, 0.3) is 0 Å². The molecule has 2 N–H and O–H groups in total. The highest BCUT2D eigenvalue weighted by Crippen LogP contribution is 2.25. The maximum absolute atomic E-state index is 11.9. The quantitative estimate of drug-likeness (QED) is 0.565. The smallest absolute Gasteiger partial charge is 0.221 e. The zero-order valence-electron chi connectivity index (χ0n) is 13.9. The molecule has 1 fully saturated rings. The first kappa shape index (κ1) is 19.7. The lowest BCUT2D eigenvalue weighted by molar-refractivity contribution is -0.121. The van der Waals surface area contributed by atoms with E-state index in [1.165, 1.54) is 0 Å². The highest BCUT2D eigenvalue weighted by Gasteiger charge is 2.28. The van der Waals surface area contributed by atoms with Crippen molar-refractivity contribution >= 4 is 35.3 Å². The van der Waals surface area contributed by atoms with E-state index >= 15 is 0 Å². The first-order valence-electron chi connectivity index (χ1n) is 8.38. The van der Waals surface area contributed by atoms with Crippen LogP contribution in [0.25, 0.3) is 0 Å². The van der Waals surface area contributed by atoms with E-state index in [2.05, 4.69) is 24.5 Å². The molecular formula is C16H30N2O2S2. The van der Waals surface area contributed by atoms with Crippen LogP contribution in [0.15, 0.2) is 0 Å². The second kappa shape index (κ2) is 12.1. The zero-order valence-corrected chi connectivity index (χ0v) is 15.5. The van der Waals surface area contributed by atoms with Crippen molar-refractivity contribution in [3.05, 3.63) is 0 Å². The Labute approximate surface area is 143 Å². The van der Waals surface area contributed by atoms with E-state index in [-0.39, 0.29) is 17.9 Å². The van der Waals surface area contributed by atoms with Crippen LogP contribution in [0, 0.1) is 5.92 Å². The lowest BCUT2D eigenvalue weighted by Crippen LogP contribution is -2.42. The van der Waals surface area contributed by atoms with Gasteiger partial charge in [0.15, 0.2) is 0 Å². The van der Waals surface area contributed by atoms with Gasteiger partial charge in [-0.2, -0.15) is 23.5 Å². The highest BCUT2D eigenvalue weighted by molar-refractivity contribution is 7.99. The molecule has 0 heterocycles. The molecular weight excluding hydrogens is 316 g/mol. The summed E-state index contributed by atoms with van der Waals surface area (Å²) in [5, 5.41) is 6.19.